The smallest absolute Gasteiger partial charge is 0.237 e. The molecule has 2 aromatic heterocycles. The van der Waals surface area contributed by atoms with Crippen LogP contribution in [-0.2, 0) is 5.75 Å². The van der Waals surface area contributed by atoms with Gasteiger partial charge in [0.2, 0.25) is 11.7 Å². The fourth-order valence-electron chi connectivity index (χ4n) is 2.55. The van der Waals surface area contributed by atoms with Crippen LogP contribution in [0, 0.1) is 13.8 Å². The first kappa shape index (κ1) is 15.0. The third-order valence-corrected chi connectivity index (χ3v) is 4.66. The van der Waals surface area contributed by atoms with Gasteiger partial charge in [-0.25, -0.2) is 4.98 Å². The van der Waals surface area contributed by atoms with E-state index in [1.807, 2.05) is 37.3 Å². The lowest BCUT2D eigenvalue weighted by Gasteiger charge is -1.97. The second-order valence-electron chi connectivity index (χ2n) is 5.68. The molecule has 0 amide bonds. The van der Waals surface area contributed by atoms with Crippen molar-refractivity contribution < 1.29 is 4.52 Å². The molecule has 4 aromatic rings. The Labute approximate surface area is 143 Å². The van der Waals surface area contributed by atoms with E-state index in [1.165, 1.54) is 5.56 Å². The van der Waals surface area contributed by atoms with Gasteiger partial charge >= 0.3 is 0 Å². The van der Waals surface area contributed by atoms with Crippen LogP contribution in [0.3, 0.4) is 0 Å². The predicted molar refractivity (Wildman–Crippen MR) is 94.9 cm³/mol. The zero-order valence-electron chi connectivity index (χ0n) is 13.4. The second-order valence-corrected chi connectivity index (χ2v) is 6.64. The van der Waals surface area contributed by atoms with Gasteiger partial charge in [0.1, 0.15) is 0 Å². The normalized spacial score (nSPS) is 11.2. The fourth-order valence-corrected chi connectivity index (χ4v) is 3.27. The van der Waals surface area contributed by atoms with E-state index < -0.39 is 0 Å². The molecule has 0 aliphatic rings. The number of benzene rings is 2. The van der Waals surface area contributed by atoms with Crippen LogP contribution in [0.2, 0.25) is 0 Å². The molecule has 4 rings (SSSR count). The first-order valence-electron chi connectivity index (χ1n) is 7.67. The SMILES string of the molecule is Cc1ccc2nc(SCc3nc(-c4ccccc4C)no3)[nH]c2c1. The molecule has 0 radical (unpaired) electrons. The van der Waals surface area contributed by atoms with E-state index in [9.17, 15) is 0 Å². The zero-order valence-corrected chi connectivity index (χ0v) is 14.2. The van der Waals surface area contributed by atoms with Crippen LogP contribution in [0.15, 0.2) is 52.1 Å². The van der Waals surface area contributed by atoms with E-state index in [1.54, 1.807) is 11.8 Å². The summed E-state index contributed by atoms with van der Waals surface area (Å²) in [5, 5.41) is 4.94. The standard InChI is InChI=1S/C18H16N4OS/c1-11-7-8-14-15(9-11)20-18(19-14)24-10-16-21-17(22-23-16)13-6-4-3-5-12(13)2/h3-9H,10H2,1-2H3,(H,19,20). The van der Waals surface area contributed by atoms with Gasteiger partial charge < -0.3 is 9.51 Å². The Hall–Kier alpha value is -2.60. The molecule has 24 heavy (non-hydrogen) atoms. The van der Waals surface area contributed by atoms with Crippen LogP contribution in [-0.4, -0.2) is 20.1 Å². The van der Waals surface area contributed by atoms with Gasteiger partial charge in [0.25, 0.3) is 0 Å². The van der Waals surface area contributed by atoms with Gasteiger partial charge in [0, 0.05) is 5.56 Å². The van der Waals surface area contributed by atoms with Crippen molar-refractivity contribution in [2.75, 3.05) is 0 Å². The number of H-pyrrole nitrogens is 1. The summed E-state index contributed by atoms with van der Waals surface area (Å²) in [4.78, 5) is 12.4. The highest BCUT2D eigenvalue weighted by atomic mass is 32.2. The number of thioether (sulfide) groups is 1. The number of fused-ring (bicyclic) bond motifs is 1. The third-order valence-electron chi connectivity index (χ3n) is 3.80. The van der Waals surface area contributed by atoms with E-state index in [0.29, 0.717) is 17.5 Å². The van der Waals surface area contributed by atoms with Crippen LogP contribution >= 0.6 is 11.8 Å². The molecular weight excluding hydrogens is 320 g/mol. The number of hydrogen-bond acceptors (Lipinski definition) is 5. The second kappa shape index (κ2) is 6.13. The molecule has 0 atom stereocenters. The number of imidazole rings is 1. The Morgan fingerprint density at radius 1 is 1.08 bits per heavy atom. The lowest BCUT2D eigenvalue weighted by Crippen LogP contribution is -1.86. The quantitative estimate of drug-likeness (QED) is 0.555. The molecule has 0 bridgehead atoms. The van der Waals surface area contributed by atoms with Gasteiger partial charge in [-0.15, -0.1) is 0 Å². The number of hydrogen-bond donors (Lipinski definition) is 1. The summed E-state index contributed by atoms with van der Waals surface area (Å²) in [5.74, 6) is 1.80. The van der Waals surface area contributed by atoms with Crippen molar-refractivity contribution in [1.29, 1.82) is 0 Å². The Morgan fingerprint density at radius 3 is 2.83 bits per heavy atom. The van der Waals surface area contributed by atoms with Gasteiger partial charge in [0.05, 0.1) is 16.8 Å². The zero-order chi connectivity index (χ0) is 16.5. The van der Waals surface area contributed by atoms with Crippen molar-refractivity contribution in [3.8, 4) is 11.4 Å². The molecule has 2 aromatic carbocycles. The number of aromatic amines is 1. The summed E-state index contributed by atoms with van der Waals surface area (Å²) in [7, 11) is 0. The van der Waals surface area contributed by atoms with E-state index in [2.05, 4.69) is 39.2 Å². The molecule has 0 fully saturated rings. The summed E-state index contributed by atoms with van der Waals surface area (Å²) in [6, 6.07) is 14.2. The van der Waals surface area contributed by atoms with E-state index in [0.717, 1.165) is 27.3 Å². The third kappa shape index (κ3) is 2.92. The molecule has 2 heterocycles. The minimum Gasteiger partial charge on any atom is -0.338 e. The van der Waals surface area contributed by atoms with Gasteiger partial charge in [-0.3, -0.25) is 0 Å². The van der Waals surface area contributed by atoms with Crippen molar-refractivity contribution in [1.82, 2.24) is 20.1 Å². The molecule has 1 N–H and O–H groups in total. The van der Waals surface area contributed by atoms with Crippen molar-refractivity contribution in [3.05, 3.63) is 59.5 Å². The van der Waals surface area contributed by atoms with Crippen molar-refractivity contribution in [2.24, 2.45) is 0 Å². The molecule has 6 heteroatoms. The lowest BCUT2D eigenvalue weighted by molar-refractivity contribution is 0.391. The van der Waals surface area contributed by atoms with Crippen LogP contribution < -0.4 is 0 Å². The Balaban J connectivity index is 1.50. The summed E-state index contributed by atoms with van der Waals surface area (Å²) in [6.07, 6.45) is 0. The van der Waals surface area contributed by atoms with E-state index >= 15 is 0 Å². The summed E-state index contributed by atoms with van der Waals surface area (Å²) in [6.45, 7) is 4.11. The minimum absolute atomic E-state index is 0.581. The topological polar surface area (TPSA) is 67.6 Å². The number of aryl methyl sites for hydroxylation is 2. The maximum absolute atomic E-state index is 5.37. The van der Waals surface area contributed by atoms with Crippen LogP contribution in [0.25, 0.3) is 22.4 Å². The lowest BCUT2D eigenvalue weighted by atomic mass is 10.1. The van der Waals surface area contributed by atoms with Crippen molar-refractivity contribution in [3.63, 3.8) is 0 Å². The molecule has 0 saturated carbocycles. The van der Waals surface area contributed by atoms with Gasteiger partial charge in [-0.1, -0.05) is 47.3 Å². The molecule has 0 saturated heterocycles. The molecule has 5 nitrogen and oxygen atoms in total. The molecular formula is C18H16N4OS. The summed E-state index contributed by atoms with van der Waals surface area (Å²) >= 11 is 1.55. The first-order valence-corrected chi connectivity index (χ1v) is 8.65. The summed E-state index contributed by atoms with van der Waals surface area (Å²) in [5.41, 5.74) is 5.35. The van der Waals surface area contributed by atoms with Crippen molar-refractivity contribution >= 4 is 22.8 Å². The number of nitrogens with one attached hydrogen (secondary N) is 1. The highest BCUT2D eigenvalue weighted by molar-refractivity contribution is 7.98. The molecule has 0 spiro atoms. The highest BCUT2D eigenvalue weighted by Crippen LogP contribution is 2.25. The maximum atomic E-state index is 5.37. The highest BCUT2D eigenvalue weighted by Gasteiger charge is 2.12. The van der Waals surface area contributed by atoms with Crippen LogP contribution in [0.4, 0.5) is 0 Å². The Morgan fingerprint density at radius 2 is 1.96 bits per heavy atom. The minimum atomic E-state index is 0.581. The largest absolute Gasteiger partial charge is 0.338 e. The Kier molecular flexibility index (Phi) is 3.82. The molecule has 0 aliphatic carbocycles. The number of aromatic nitrogens is 4. The monoisotopic (exact) mass is 336 g/mol. The van der Waals surface area contributed by atoms with E-state index in [4.69, 9.17) is 4.52 Å². The Bertz CT molecular complexity index is 1010. The first-order chi connectivity index (χ1) is 11.7. The van der Waals surface area contributed by atoms with Crippen LogP contribution in [0.1, 0.15) is 17.0 Å². The van der Waals surface area contributed by atoms with Crippen LogP contribution in [0.5, 0.6) is 0 Å². The van der Waals surface area contributed by atoms with E-state index in [-0.39, 0.29) is 0 Å². The molecule has 120 valence electrons. The average Bonchev–Trinajstić information content (AvgIpc) is 3.19. The van der Waals surface area contributed by atoms with Gasteiger partial charge in [0.15, 0.2) is 5.16 Å². The fraction of sp³-hybridized carbons (Fsp3) is 0.167. The van der Waals surface area contributed by atoms with Gasteiger partial charge in [-0.05, 0) is 37.1 Å². The average molecular weight is 336 g/mol. The maximum Gasteiger partial charge on any atom is 0.237 e. The van der Waals surface area contributed by atoms with Crippen molar-refractivity contribution in [2.45, 2.75) is 24.8 Å². The predicted octanol–water partition coefficient (Wildman–Crippen LogP) is 4.52. The number of rotatable bonds is 4. The molecule has 0 unspecified atom stereocenters. The number of nitrogens with zero attached hydrogens (tertiary/aromatic N) is 3. The van der Waals surface area contributed by atoms with Gasteiger partial charge in [-0.2, -0.15) is 4.98 Å². The molecule has 0 aliphatic heterocycles. The summed E-state index contributed by atoms with van der Waals surface area (Å²) < 4.78 is 5.37.